The van der Waals surface area contributed by atoms with Crippen molar-refractivity contribution in [3.05, 3.63) is 48.0 Å². The molecule has 176 valence electrons. The fourth-order valence-electron chi connectivity index (χ4n) is 4.39. The fraction of sp³-hybridized carbons (Fsp3) is 0.417. The number of benzene rings is 2. The summed E-state index contributed by atoms with van der Waals surface area (Å²) in [5.74, 6) is -0.0621. The Hall–Kier alpha value is -2.91. The maximum absolute atomic E-state index is 13.2. The van der Waals surface area contributed by atoms with Crippen molar-refractivity contribution in [2.45, 2.75) is 43.9 Å². The van der Waals surface area contributed by atoms with Crippen LogP contribution in [-0.2, 0) is 25.0 Å². The zero-order valence-electron chi connectivity index (χ0n) is 19.1. The molecule has 2 heterocycles. The van der Waals surface area contributed by atoms with Gasteiger partial charge in [-0.05, 0) is 69.5 Å². The molecule has 0 radical (unpaired) electrons. The van der Waals surface area contributed by atoms with Gasteiger partial charge < -0.3 is 15.0 Å². The normalized spacial score (nSPS) is 17.8. The smallest absolute Gasteiger partial charge is 0.244 e. The molecule has 2 aromatic rings. The summed E-state index contributed by atoms with van der Waals surface area (Å²) in [6.07, 6.45) is 1.70. The Morgan fingerprint density at radius 1 is 1.12 bits per heavy atom. The lowest BCUT2D eigenvalue weighted by atomic mass is 9.86. The van der Waals surface area contributed by atoms with Crippen LogP contribution in [0.25, 0.3) is 0 Å². The first kappa shape index (κ1) is 23.3. The minimum atomic E-state index is -3.61. The number of fused-ring (bicyclic) bond motifs is 1. The molecule has 8 nitrogen and oxygen atoms in total. The summed E-state index contributed by atoms with van der Waals surface area (Å²) in [6.45, 7) is 6.66. The second-order valence-electron chi connectivity index (χ2n) is 8.78. The summed E-state index contributed by atoms with van der Waals surface area (Å²) in [5.41, 5.74) is 0.742. The Bertz CT molecular complexity index is 1190. The molecule has 2 aliphatic heterocycles. The highest BCUT2D eigenvalue weighted by Gasteiger charge is 2.45. The second-order valence-corrected chi connectivity index (χ2v) is 10.7. The van der Waals surface area contributed by atoms with Gasteiger partial charge in [0.1, 0.15) is 12.3 Å². The number of sulfonamides is 1. The van der Waals surface area contributed by atoms with Gasteiger partial charge >= 0.3 is 0 Å². The minimum absolute atomic E-state index is 0.181. The van der Waals surface area contributed by atoms with E-state index in [1.807, 2.05) is 13.0 Å². The van der Waals surface area contributed by atoms with E-state index in [2.05, 4.69) is 5.32 Å². The average Bonchev–Trinajstić information content (AvgIpc) is 3.39. The van der Waals surface area contributed by atoms with E-state index in [0.717, 1.165) is 12.8 Å². The molecule has 1 N–H and O–H groups in total. The molecule has 0 saturated carbocycles. The first-order valence-corrected chi connectivity index (χ1v) is 12.6. The van der Waals surface area contributed by atoms with Gasteiger partial charge in [-0.2, -0.15) is 4.31 Å². The third-order valence-electron chi connectivity index (χ3n) is 6.18. The van der Waals surface area contributed by atoms with Gasteiger partial charge in [0.05, 0.1) is 22.6 Å². The van der Waals surface area contributed by atoms with Gasteiger partial charge in [-0.3, -0.25) is 9.59 Å². The van der Waals surface area contributed by atoms with Crippen LogP contribution in [0.3, 0.4) is 0 Å². The summed E-state index contributed by atoms with van der Waals surface area (Å²) in [5, 5.41) is 2.81. The van der Waals surface area contributed by atoms with E-state index in [1.54, 1.807) is 44.2 Å². The highest BCUT2D eigenvalue weighted by molar-refractivity contribution is 7.89. The number of anilines is 2. The monoisotopic (exact) mass is 471 g/mol. The number of ether oxygens (including phenoxy) is 1. The maximum Gasteiger partial charge on any atom is 0.244 e. The molecule has 2 amide bonds. The van der Waals surface area contributed by atoms with Crippen LogP contribution in [-0.4, -0.2) is 50.8 Å². The maximum atomic E-state index is 13.2. The number of hydrogen-bond donors (Lipinski definition) is 1. The van der Waals surface area contributed by atoms with Gasteiger partial charge in [0.25, 0.3) is 0 Å². The van der Waals surface area contributed by atoms with Crippen molar-refractivity contribution >= 4 is 33.2 Å². The van der Waals surface area contributed by atoms with Crippen molar-refractivity contribution in [2.75, 3.05) is 36.5 Å². The van der Waals surface area contributed by atoms with Gasteiger partial charge in [0.2, 0.25) is 21.8 Å². The van der Waals surface area contributed by atoms with Gasteiger partial charge in [0.15, 0.2) is 0 Å². The first-order chi connectivity index (χ1) is 15.7. The van der Waals surface area contributed by atoms with Crippen molar-refractivity contribution in [3.8, 4) is 5.75 Å². The SMILES string of the molecule is CCOc1ccccc1NC(=O)CN1C(=O)C(C)(C)c2cc(S(=O)(=O)N3CCCC3)ccc21. The molecule has 2 aliphatic rings. The molecule has 1 fully saturated rings. The number of para-hydroxylation sites is 2. The lowest BCUT2D eigenvalue weighted by Crippen LogP contribution is -2.40. The first-order valence-electron chi connectivity index (χ1n) is 11.1. The number of nitrogens with zero attached hydrogens (tertiary/aromatic N) is 2. The third kappa shape index (κ3) is 4.22. The minimum Gasteiger partial charge on any atom is -0.492 e. The molecular weight excluding hydrogens is 442 g/mol. The summed E-state index contributed by atoms with van der Waals surface area (Å²) in [7, 11) is -3.61. The number of amides is 2. The molecule has 0 atom stereocenters. The summed E-state index contributed by atoms with van der Waals surface area (Å²) >= 11 is 0. The Kier molecular flexibility index (Phi) is 6.20. The van der Waals surface area contributed by atoms with Gasteiger partial charge in [-0.15, -0.1) is 0 Å². The number of hydrogen-bond acceptors (Lipinski definition) is 5. The van der Waals surface area contributed by atoms with Gasteiger partial charge in [0, 0.05) is 18.8 Å². The quantitative estimate of drug-likeness (QED) is 0.669. The Labute approximate surface area is 194 Å². The number of rotatable bonds is 7. The molecule has 0 spiro atoms. The third-order valence-corrected chi connectivity index (χ3v) is 8.07. The van der Waals surface area contributed by atoms with E-state index in [9.17, 15) is 18.0 Å². The van der Waals surface area contributed by atoms with Crippen LogP contribution >= 0.6 is 0 Å². The van der Waals surface area contributed by atoms with Crippen LogP contribution in [0.5, 0.6) is 5.75 Å². The zero-order chi connectivity index (χ0) is 23.8. The predicted molar refractivity (Wildman–Crippen MR) is 126 cm³/mol. The second kappa shape index (κ2) is 8.79. The van der Waals surface area contributed by atoms with E-state index in [-0.39, 0.29) is 23.3 Å². The number of carbonyl (C=O) groups is 2. The van der Waals surface area contributed by atoms with Crippen LogP contribution in [0.4, 0.5) is 11.4 Å². The van der Waals surface area contributed by atoms with Crippen LogP contribution in [0.1, 0.15) is 39.2 Å². The van der Waals surface area contributed by atoms with E-state index >= 15 is 0 Å². The standard InChI is InChI=1S/C24H29N3O5S/c1-4-32-21-10-6-5-9-19(21)25-22(28)16-27-20-12-11-17(15-18(20)24(2,3)23(27)29)33(30,31)26-13-7-8-14-26/h5-6,9-12,15H,4,7-8,13-14,16H2,1-3H3,(H,25,28). The summed E-state index contributed by atoms with van der Waals surface area (Å²) < 4.78 is 33.1. The molecule has 0 aliphatic carbocycles. The van der Waals surface area contributed by atoms with Crippen LogP contribution in [0.2, 0.25) is 0 Å². The highest BCUT2D eigenvalue weighted by Crippen LogP contribution is 2.43. The van der Waals surface area contributed by atoms with Crippen molar-refractivity contribution in [3.63, 3.8) is 0 Å². The Morgan fingerprint density at radius 3 is 2.52 bits per heavy atom. The van der Waals surface area contributed by atoms with Gasteiger partial charge in [-0.25, -0.2) is 8.42 Å². The van der Waals surface area contributed by atoms with Crippen LogP contribution < -0.4 is 15.0 Å². The molecule has 0 unspecified atom stereocenters. The van der Waals surface area contributed by atoms with Crippen LogP contribution in [0.15, 0.2) is 47.4 Å². The summed E-state index contributed by atoms with van der Waals surface area (Å²) in [6, 6.07) is 11.9. The molecule has 1 saturated heterocycles. The van der Waals surface area contributed by atoms with Crippen LogP contribution in [0, 0.1) is 0 Å². The van der Waals surface area contributed by atoms with E-state index in [0.29, 0.717) is 42.4 Å². The van der Waals surface area contributed by atoms with Crippen molar-refractivity contribution in [1.29, 1.82) is 0 Å². The largest absolute Gasteiger partial charge is 0.492 e. The molecule has 4 rings (SSSR count). The van der Waals surface area contributed by atoms with E-state index < -0.39 is 15.4 Å². The predicted octanol–water partition coefficient (Wildman–Crippen LogP) is 3.13. The van der Waals surface area contributed by atoms with Crippen molar-refractivity contribution in [2.24, 2.45) is 0 Å². The molecular formula is C24H29N3O5S. The lowest BCUT2D eigenvalue weighted by molar-refractivity contribution is -0.124. The van der Waals surface area contributed by atoms with Gasteiger partial charge in [-0.1, -0.05) is 12.1 Å². The van der Waals surface area contributed by atoms with E-state index in [1.165, 1.54) is 15.3 Å². The molecule has 33 heavy (non-hydrogen) atoms. The lowest BCUT2D eigenvalue weighted by Gasteiger charge is -2.20. The van der Waals surface area contributed by atoms with Crippen molar-refractivity contribution in [1.82, 2.24) is 4.31 Å². The molecule has 9 heteroatoms. The average molecular weight is 472 g/mol. The molecule has 0 bridgehead atoms. The summed E-state index contributed by atoms with van der Waals surface area (Å²) in [4.78, 5) is 27.6. The molecule has 0 aromatic heterocycles. The highest BCUT2D eigenvalue weighted by atomic mass is 32.2. The topological polar surface area (TPSA) is 96.0 Å². The van der Waals surface area contributed by atoms with Crippen molar-refractivity contribution < 1.29 is 22.7 Å². The molecule has 2 aromatic carbocycles. The Morgan fingerprint density at radius 2 is 1.82 bits per heavy atom. The van der Waals surface area contributed by atoms with E-state index in [4.69, 9.17) is 4.74 Å². The number of nitrogens with one attached hydrogen (secondary N) is 1. The zero-order valence-corrected chi connectivity index (χ0v) is 19.9. The number of carbonyl (C=O) groups excluding carboxylic acids is 2. The fourth-order valence-corrected chi connectivity index (χ4v) is 5.94. The Balaban J connectivity index is 1.59.